The van der Waals surface area contributed by atoms with Gasteiger partial charge in [0.1, 0.15) is 6.04 Å². The van der Waals surface area contributed by atoms with Crippen LogP contribution in [0.3, 0.4) is 0 Å². The molecular weight excluding hydrogens is 242 g/mol. The van der Waals surface area contributed by atoms with Crippen LogP contribution in [0.25, 0.3) is 0 Å². The van der Waals surface area contributed by atoms with Crippen molar-refractivity contribution in [2.24, 2.45) is 0 Å². The van der Waals surface area contributed by atoms with E-state index in [9.17, 15) is 9.59 Å². The second-order valence-electron chi connectivity index (χ2n) is 4.70. The maximum Gasteiger partial charge on any atom is 0.254 e. The van der Waals surface area contributed by atoms with Gasteiger partial charge in [-0.25, -0.2) is 0 Å². The van der Waals surface area contributed by atoms with E-state index in [4.69, 9.17) is 0 Å². The van der Waals surface area contributed by atoms with Crippen LogP contribution in [0.2, 0.25) is 0 Å². The van der Waals surface area contributed by atoms with Crippen molar-refractivity contribution in [2.45, 2.75) is 13.0 Å². The first kappa shape index (κ1) is 13.5. The highest BCUT2D eigenvalue weighted by Crippen LogP contribution is 2.12. The Bertz CT molecular complexity index is 487. The zero-order chi connectivity index (χ0) is 13.8. The molecule has 1 aromatic rings. The number of amides is 2. The van der Waals surface area contributed by atoms with Crippen molar-refractivity contribution in [1.29, 1.82) is 0 Å². The standard InChI is InChI=1S/C14H19N3O2/c1-10-4-3-5-11(8-10)14(19)17-7-6-16-9-12(17)13(18)15-2/h3-5,8,12,16H,6-7,9H2,1-2H3,(H,15,18). The van der Waals surface area contributed by atoms with Crippen LogP contribution in [0, 0.1) is 6.92 Å². The van der Waals surface area contributed by atoms with E-state index in [0.29, 0.717) is 25.2 Å². The summed E-state index contributed by atoms with van der Waals surface area (Å²) in [6.45, 7) is 3.71. The van der Waals surface area contributed by atoms with Gasteiger partial charge in [0, 0.05) is 32.2 Å². The van der Waals surface area contributed by atoms with Crippen LogP contribution >= 0.6 is 0 Å². The van der Waals surface area contributed by atoms with Crippen LogP contribution < -0.4 is 10.6 Å². The molecule has 2 N–H and O–H groups in total. The van der Waals surface area contributed by atoms with Crippen LogP contribution in [0.1, 0.15) is 15.9 Å². The fourth-order valence-corrected chi connectivity index (χ4v) is 2.29. The zero-order valence-corrected chi connectivity index (χ0v) is 11.3. The Hall–Kier alpha value is -1.88. The van der Waals surface area contributed by atoms with Gasteiger partial charge >= 0.3 is 0 Å². The number of hydrogen-bond acceptors (Lipinski definition) is 3. The van der Waals surface area contributed by atoms with E-state index in [1.807, 2.05) is 25.1 Å². The summed E-state index contributed by atoms with van der Waals surface area (Å²) in [4.78, 5) is 26.0. The van der Waals surface area contributed by atoms with Gasteiger partial charge in [0.05, 0.1) is 0 Å². The molecule has 2 amide bonds. The molecule has 1 saturated heterocycles. The molecule has 1 aliphatic rings. The van der Waals surface area contributed by atoms with E-state index in [1.54, 1.807) is 18.0 Å². The molecule has 0 aliphatic carbocycles. The minimum absolute atomic E-state index is 0.0844. The SMILES string of the molecule is CNC(=O)C1CNCCN1C(=O)c1cccc(C)c1. The Labute approximate surface area is 113 Å². The molecule has 0 aromatic heterocycles. The topological polar surface area (TPSA) is 61.4 Å². The highest BCUT2D eigenvalue weighted by atomic mass is 16.2. The molecule has 1 aromatic carbocycles. The number of carbonyl (C=O) groups excluding carboxylic acids is 2. The number of nitrogens with zero attached hydrogens (tertiary/aromatic N) is 1. The molecule has 0 saturated carbocycles. The minimum Gasteiger partial charge on any atom is -0.357 e. The number of aryl methyl sites for hydroxylation is 1. The van der Waals surface area contributed by atoms with Crippen LogP contribution in [-0.2, 0) is 4.79 Å². The Morgan fingerprint density at radius 1 is 1.42 bits per heavy atom. The van der Waals surface area contributed by atoms with Crippen LogP contribution in [0.4, 0.5) is 0 Å². The normalized spacial score (nSPS) is 19.1. The molecule has 1 unspecified atom stereocenters. The van der Waals surface area contributed by atoms with Gasteiger partial charge in [-0.05, 0) is 19.1 Å². The predicted molar refractivity (Wildman–Crippen MR) is 72.9 cm³/mol. The van der Waals surface area contributed by atoms with Gasteiger partial charge in [0.2, 0.25) is 5.91 Å². The molecule has 102 valence electrons. The predicted octanol–water partition coefficient (Wildman–Crippen LogP) is 0.155. The minimum atomic E-state index is -0.438. The molecule has 19 heavy (non-hydrogen) atoms. The lowest BCUT2D eigenvalue weighted by Crippen LogP contribution is -2.59. The molecular formula is C14H19N3O2. The van der Waals surface area contributed by atoms with Crippen molar-refractivity contribution in [3.05, 3.63) is 35.4 Å². The molecule has 2 rings (SSSR count). The number of piperazine rings is 1. The number of benzene rings is 1. The van der Waals surface area contributed by atoms with E-state index in [0.717, 1.165) is 5.56 Å². The van der Waals surface area contributed by atoms with Crippen LogP contribution in [0.15, 0.2) is 24.3 Å². The maximum absolute atomic E-state index is 12.5. The van der Waals surface area contributed by atoms with Gasteiger partial charge in [-0.3, -0.25) is 9.59 Å². The summed E-state index contributed by atoms with van der Waals surface area (Å²) in [6.07, 6.45) is 0. The average Bonchev–Trinajstić information content (AvgIpc) is 2.45. The van der Waals surface area contributed by atoms with E-state index >= 15 is 0 Å². The second-order valence-corrected chi connectivity index (χ2v) is 4.70. The number of rotatable bonds is 2. The smallest absolute Gasteiger partial charge is 0.254 e. The number of hydrogen-bond donors (Lipinski definition) is 2. The third-order valence-corrected chi connectivity index (χ3v) is 3.32. The highest BCUT2D eigenvalue weighted by molar-refractivity contribution is 5.97. The fourth-order valence-electron chi connectivity index (χ4n) is 2.29. The summed E-state index contributed by atoms with van der Waals surface area (Å²) in [7, 11) is 1.59. The highest BCUT2D eigenvalue weighted by Gasteiger charge is 2.31. The second kappa shape index (κ2) is 5.84. The number of nitrogens with one attached hydrogen (secondary N) is 2. The van der Waals surface area contributed by atoms with Gasteiger partial charge in [-0.1, -0.05) is 17.7 Å². The molecule has 0 spiro atoms. The summed E-state index contributed by atoms with van der Waals surface area (Å²) < 4.78 is 0. The molecule has 1 heterocycles. The molecule has 1 aliphatic heterocycles. The molecule has 1 fully saturated rings. The van der Waals surface area contributed by atoms with Gasteiger partial charge in [0.25, 0.3) is 5.91 Å². The summed E-state index contributed by atoms with van der Waals surface area (Å²) >= 11 is 0. The first-order chi connectivity index (χ1) is 9.13. The molecule has 5 heteroatoms. The first-order valence-electron chi connectivity index (χ1n) is 6.43. The summed E-state index contributed by atoms with van der Waals surface area (Å²) in [5.74, 6) is -0.216. The van der Waals surface area contributed by atoms with Gasteiger partial charge in [-0.2, -0.15) is 0 Å². The Morgan fingerprint density at radius 2 is 2.21 bits per heavy atom. The fraction of sp³-hybridized carbons (Fsp3) is 0.429. The molecule has 5 nitrogen and oxygen atoms in total. The van der Waals surface area contributed by atoms with E-state index in [1.165, 1.54) is 0 Å². The molecule has 1 atom stereocenters. The third-order valence-electron chi connectivity index (χ3n) is 3.32. The Balaban J connectivity index is 2.22. The summed E-state index contributed by atoms with van der Waals surface area (Å²) in [5, 5.41) is 5.75. The van der Waals surface area contributed by atoms with Gasteiger partial charge in [0.15, 0.2) is 0 Å². The van der Waals surface area contributed by atoms with E-state index < -0.39 is 6.04 Å². The quantitative estimate of drug-likeness (QED) is 0.797. The van der Waals surface area contributed by atoms with Crippen molar-refractivity contribution >= 4 is 11.8 Å². The third kappa shape index (κ3) is 2.93. The average molecular weight is 261 g/mol. The van der Waals surface area contributed by atoms with Gasteiger partial charge in [-0.15, -0.1) is 0 Å². The monoisotopic (exact) mass is 261 g/mol. The van der Waals surface area contributed by atoms with E-state index in [-0.39, 0.29) is 11.8 Å². The van der Waals surface area contributed by atoms with Crippen LogP contribution in [-0.4, -0.2) is 49.4 Å². The van der Waals surface area contributed by atoms with Crippen molar-refractivity contribution < 1.29 is 9.59 Å². The van der Waals surface area contributed by atoms with Crippen molar-refractivity contribution in [3.63, 3.8) is 0 Å². The van der Waals surface area contributed by atoms with Crippen molar-refractivity contribution in [1.82, 2.24) is 15.5 Å². The lowest BCUT2D eigenvalue weighted by Gasteiger charge is -2.35. The zero-order valence-electron chi connectivity index (χ0n) is 11.3. The van der Waals surface area contributed by atoms with Crippen molar-refractivity contribution in [3.8, 4) is 0 Å². The lowest BCUT2D eigenvalue weighted by atomic mass is 10.1. The largest absolute Gasteiger partial charge is 0.357 e. The van der Waals surface area contributed by atoms with Gasteiger partial charge < -0.3 is 15.5 Å². The lowest BCUT2D eigenvalue weighted by molar-refractivity contribution is -0.125. The molecule has 0 radical (unpaired) electrons. The maximum atomic E-state index is 12.5. The summed E-state index contributed by atoms with van der Waals surface area (Å²) in [5.41, 5.74) is 1.67. The number of likely N-dealkylation sites (N-methyl/N-ethyl adjacent to an activating group) is 1. The van der Waals surface area contributed by atoms with Crippen LogP contribution in [0.5, 0.6) is 0 Å². The summed E-state index contributed by atoms with van der Waals surface area (Å²) in [6, 6.07) is 7.01. The number of carbonyl (C=O) groups is 2. The Morgan fingerprint density at radius 3 is 2.89 bits per heavy atom. The van der Waals surface area contributed by atoms with Crippen molar-refractivity contribution in [2.75, 3.05) is 26.7 Å². The Kier molecular flexibility index (Phi) is 4.16. The first-order valence-corrected chi connectivity index (χ1v) is 6.43. The molecule has 0 bridgehead atoms. The van der Waals surface area contributed by atoms with E-state index in [2.05, 4.69) is 10.6 Å².